The van der Waals surface area contributed by atoms with E-state index in [0.717, 1.165) is 60.1 Å². The molecule has 6 aromatic rings. The topological polar surface area (TPSA) is 30.9 Å². The molecule has 0 radical (unpaired) electrons. The lowest BCUT2D eigenvalue weighted by Gasteiger charge is -2.52. The average Bonchev–Trinajstić information content (AvgIpc) is 3.43. The summed E-state index contributed by atoms with van der Waals surface area (Å²) in [5, 5.41) is 2.23. The highest BCUT2D eigenvalue weighted by Crippen LogP contribution is 2.40. The van der Waals surface area contributed by atoms with Crippen molar-refractivity contribution in [1.82, 2.24) is 5.06 Å². The fourth-order valence-electron chi connectivity index (χ4n) is 9.01. The van der Waals surface area contributed by atoms with Gasteiger partial charge in [-0.1, -0.05) is 225 Å². The van der Waals surface area contributed by atoms with Gasteiger partial charge in [-0.15, -0.1) is 11.6 Å². The summed E-state index contributed by atoms with van der Waals surface area (Å²) < 4.78 is 12.1. The first-order valence-corrected chi connectivity index (χ1v) is 27.6. The molecule has 1 aliphatic rings. The lowest BCUT2D eigenvalue weighted by atomic mass is 9.82. The summed E-state index contributed by atoms with van der Waals surface area (Å²) in [5.74, 6) is 2.41. The molecule has 392 valence electrons. The van der Waals surface area contributed by atoms with E-state index in [1.165, 1.54) is 47.1 Å². The highest BCUT2D eigenvalue weighted by molar-refractivity contribution is 6.17. The number of ether oxygens (including phenoxy) is 2. The molecule has 0 saturated carbocycles. The van der Waals surface area contributed by atoms with Crippen molar-refractivity contribution in [3.8, 4) is 0 Å². The molecule has 4 nitrogen and oxygen atoms in total. The molecule has 73 heavy (non-hydrogen) atoms. The Labute approximate surface area is 448 Å². The molecule has 1 aliphatic heterocycles. The molecule has 0 amide bonds. The number of alkyl halides is 1. The maximum Gasteiger partial charge on any atom is 0.128 e. The summed E-state index contributed by atoms with van der Waals surface area (Å²) in [6.45, 7) is 32.6. The van der Waals surface area contributed by atoms with Crippen LogP contribution in [0.3, 0.4) is 0 Å². The van der Waals surface area contributed by atoms with E-state index < -0.39 is 0 Å². The number of halogens is 1. The molecule has 4 unspecified atom stereocenters. The second-order valence-corrected chi connectivity index (χ2v) is 21.1. The third-order valence-electron chi connectivity index (χ3n) is 14.3. The van der Waals surface area contributed by atoms with Crippen LogP contribution in [0, 0.1) is 0 Å². The largest absolute Gasteiger partial charge is 0.376 e. The van der Waals surface area contributed by atoms with Gasteiger partial charge in [0.05, 0.1) is 26.4 Å². The Morgan fingerprint density at radius 3 is 1.33 bits per heavy atom. The highest BCUT2D eigenvalue weighted by Gasteiger charge is 2.43. The molecular formula is C68H90ClNO3. The van der Waals surface area contributed by atoms with Gasteiger partial charge >= 0.3 is 0 Å². The van der Waals surface area contributed by atoms with Crippen LogP contribution in [0.25, 0.3) is 12.2 Å². The molecule has 1 heterocycles. The third kappa shape index (κ3) is 20.6. The summed E-state index contributed by atoms with van der Waals surface area (Å²) in [6, 6.07) is 55.3. The fraction of sp³-hybridized carbons (Fsp3) is 0.412. The van der Waals surface area contributed by atoms with Crippen molar-refractivity contribution in [3.05, 3.63) is 227 Å². The van der Waals surface area contributed by atoms with E-state index in [0.29, 0.717) is 43.5 Å². The lowest BCUT2D eigenvalue weighted by Crippen LogP contribution is -2.58. The zero-order valence-corrected chi connectivity index (χ0v) is 47.2. The summed E-state index contributed by atoms with van der Waals surface area (Å²) >= 11 is 5.60. The van der Waals surface area contributed by atoms with E-state index in [2.05, 4.69) is 215 Å². The molecule has 7 rings (SSSR count). The fourth-order valence-corrected chi connectivity index (χ4v) is 9.19. The predicted octanol–water partition coefficient (Wildman–Crippen LogP) is 19.3. The maximum absolute atomic E-state index is 6.68. The molecule has 0 N–H and O–H groups in total. The predicted molar refractivity (Wildman–Crippen MR) is 315 cm³/mol. The van der Waals surface area contributed by atoms with Crippen molar-refractivity contribution in [2.75, 3.05) is 13.2 Å². The molecular weight excluding hydrogens is 914 g/mol. The molecule has 6 aromatic carbocycles. The van der Waals surface area contributed by atoms with Crippen molar-refractivity contribution in [2.24, 2.45) is 0 Å². The summed E-state index contributed by atoms with van der Waals surface area (Å²) in [6.07, 6.45) is 11.7. The quantitative estimate of drug-likeness (QED) is 0.0673. The van der Waals surface area contributed by atoms with E-state index >= 15 is 0 Å². The molecule has 0 spiro atoms. The summed E-state index contributed by atoms with van der Waals surface area (Å²) in [4.78, 5) is 6.68. The first-order valence-electron chi connectivity index (χ1n) is 27.1. The molecule has 0 bridgehead atoms. The van der Waals surface area contributed by atoms with Crippen LogP contribution >= 0.6 is 11.6 Å². The second-order valence-electron chi connectivity index (χ2n) is 20.8. The normalized spacial score (nSPS) is 15.3. The smallest absolute Gasteiger partial charge is 0.128 e. The third-order valence-corrected chi connectivity index (χ3v) is 14.6. The monoisotopic (exact) mass is 1000 g/mol. The van der Waals surface area contributed by atoms with Crippen LogP contribution in [-0.4, -0.2) is 29.4 Å². The molecule has 4 atom stereocenters. The van der Waals surface area contributed by atoms with Crippen LogP contribution in [0.5, 0.6) is 0 Å². The van der Waals surface area contributed by atoms with Gasteiger partial charge < -0.3 is 9.47 Å². The minimum Gasteiger partial charge on any atom is -0.376 e. The Balaban J connectivity index is 0.000000230. The standard InChI is InChI=1S/C26H35NO2.C21H28O.C12H18.C9H9Cl/c1-6-21-13-15-22(16-14-21)19-28-20-24(23-11-8-7-9-12-23)29-27-25(2,3)17-10-18-26(27,4)5;1-4-17(3)20-13-11-18(12-14-20)15-22-16-19(5-2)21-9-7-6-8-10-21;1-4-10(3)12-8-6-11(5-2)7-9-12;1-2-8-3-5-9(7-10)6-4-8/h6-9,11-16,24H,1,10,17-20H2,2-5H3;6-14,17,19H,4-5,15-16H2,1-3H3;6-10H,4-5H2,1-3H3;2-6H,1,7H2. The molecule has 0 aromatic heterocycles. The maximum atomic E-state index is 6.68. The Hall–Kier alpha value is -5.07. The number of hydrogen-bond acceptors (Lipinski definition) is 4. The van der Waals surface area contributed by atoms with E-state index in [1.807, 2.05) is 42.5 Å². The Bertz CT molecular complexity index is 2380. The molecule has 1 saturated heterocycles. The SMILES string of the molecule is C=Cc1ccc(CCl)cc1.C=Cc1ccc(COCC(ON2C(C)(C)CCCC2(C)C)c2ccccc2)cc1.CCC(C)c1ccc(COCC(CC)c2ccccc2)cc1.CCc1ccc(C(C)CC)cc1. The first kappa shape index (κ1) is 60.5. The van der Waals surface area contributed by atoms with Crippen molar-refractivity contribution in [3.63, 3.8) is 0 Å². The summed E-state index contributed by atoms with van der Waals surface area (Å²) in [5.41, 5.74) is 12.6. The van der Waals surface area contributed by atoms with Crippen LogP contribution in [-0.2, 0) is 39.8 Å². The van der Waals surface area contributed by atoms with Gasteiger partial charge in [0.25, 0.3) is 0 Å². The van der Waals surface area contributed by atoms with Crippen LogP contribution in [0.4, 0.5) is 0 Å². The van der Waals surface area contributed by atoms with Crippen LogP contribution in [0.1, 0.15) is 187 Å². The zero-order chi connectivity index (χ0) is 53.1. The average molecular weight is 1000 g/mol. The van der Waals surface area contributed by atoms with Crippen molar-refractivity contribution >= 4 is 23.8 Å². The number of benzene rings is 6. The van der Waals surface area contributed by atoms with Gasteiger partial charge in [-0.05, 0) is 140 Å². The number of hydrogen-bond donors (Lipinski definition) is 0. The molecule has 0 aliphatic carbocycles. The number of aryl methyl sites for hydroxylation is 1. The van der Waals surface area contributed by atoms with E-state index in [4.69, 9.17) is 25.9 Å². The number of rotatable bonds is 21. The Kier molecular flexibility index (Phi) is 26.7. The van der Waals surface area contributed by atoms with Gasteiger partial charge in [0, 0.05) is 22.9 Å². The highest BCUT2D eigenvalue weighted by atomic mass is 35.5. The van der Waals surface area contributed by atoms with Crippen LogP contribution in [0.15, 0.2) is 171 Å². The number of piperidine rings is 1. The molecule has 5 heteroatoms. The minimum atomic E-state index is -0.139. The molecule has 1 fully saturated rings. The van der Waals surface area contributed by atoms with Gasteiger partial charge in [-0.2, -0.15) is 5.06 Å². The van der Waals surface area contributed by atoms with E-state index in [-0.39, 0.29) is 17.2 Å². The van der Waals surface area contributed by atoms with Gasteiger partial charge in [-0.25, -0.2) is 0 Å². The summed E-state index contributed by atoms with van der Waals surface area (Å²) in [7, 11) is 0. The van der Waals surface area contributed by atoms with Crippen molar-refractivity contribution < 1.29 is 14.3 Å². The number of nitrogens with zero attached hydrogens (tertiary/aromatic N) is 1. The number of hydroxylamine groups is 2. The lowest BCUT2D eigenvalue weighted by molar-refractivity contribution is -0.313. The minimum absolute atomic E-state index is 0.00466. The van der Waals surface area contributed by atoms with E-state index in [1.54, 1.807) is 0 Å². The van der Waals surface area contributed by atoms with Crippen molar-refractivity contribution in [2.45, 2.75) is 168 Å². The zero-order valence-electron chi connectivity index (χ0n) is 46.4. The van der Waals surface area contributed by atoms with Crippen LogP contribution in [0.2, 0.25) is 0 Å². The Morgan fingerprint density at radius 2 is 0.918 bits per heavy atom. The van der Waals surface area contributed by atoms with Gasteiger partial charge in [0.15, 0.2) is 0 Å². The van der Waals surface area contributed by atoms with E-state index in [9.17, 15) is 0 Å². The first-order chi connectivity index (χ1) is 35.2. The van der Waals surface area contributed by atoms with Gasteiger partial charge in [0.2, 0.25) is 0 Å². The second kappa shape index (κ2) is 32.3. The Morgan fingerprint density at radius 1 is 0.507 bits per heavy atom. The van der Waals surface area contributed by atoms with Crippen molar-refractivity contribution in [1.29, 1.82) is 0 Å². The van der Waals surface area contributed by atoms with Gasteiger partial charge in [-0.3, -0.25) is 4.84 Å². The van der Waals surface area contributed by atoms with Crippen LogP contribution < -0.4 is 0 Å². The van der Waals surface area contributed by atoms with Gasteiger partial charge in [0.1, 0.15) is 6.10 Å².